The third kappa shape index (κ3) is 5.59. The summed E-state index contributed by atoms with van der Waals surface area (Å²) in [7, 11) is 1.80. The summed E-state index contributed by atoms with van der Waals surface area (Å²) in [4.78, 5) is 8.85. The quantitative estimate of drug-likeness (QED) is 0.623. The average molecular weight is 282 g/mol. The Balaban J connectivity index is 2.35. The number of guanidine groups is 1. The van der Waals surface area contributed by atoms with Crippen LogP contribution in [0.5, 0.6) is 0 Å². The minimum atomic E-state index is 0.443. The lowest BCUT2D eigenvalue weighted by Gasteiger charge is -2.16. The second-order valence-electron chi connectivity index (χ2n) is 5.03. The fourth-order valence-electron chi connectivity index (χ4n) is 1.54. The Bertz CT molecular complexity index is 398. The largest absolute Gasteiger partial charge is 0.356 e. The van der Waals surface area contributed by atoms with Gasteiger partial charge >= 0.3 is 0 Å². The van der Waals surface area contributed by atoms with Gasteiger partial charge in [-0.25, -0.2) is 4.98 Å². The molecule has 0 aliphatic carbocycles. The summed E-state index contributed by atoms with van der Waals surface area (Å²) in [5.41, 5.74) is 1.17. The molecule has 0 amide bonds. The van der Waals surface area contributed by atoms with Crippen LogP contribution >= 0.6 is 11.3 Å². The first kappa shape index (κ1) is 16.0. The summed E-state index contributed by atoms with van der Waals surface area (Å²) in [6.07, 6.45) is 2.02. The van der Waals surface area contributed by atoms with Crippen molar-refractivity contribution in [2.45, 2.75) is 52.5 Å². The number of thiazole rings is 1. The third-order valence-electron chi connectivity index (χ3n) is 2.96. The van der Waals surface area contributed by atoms with Crippen molar-refractivity contribution >= 4 is 17.3 Å². The molecule has 4 nitrogen and oxygen atoms in total. The van der Waals surface area contributed by atoms with Gasteiger partial charge in [0.1, 0.15) is 0 Å². The monoisotopic (exact) mass is 282 g/mol. The van der Waals surface area contributed by atoms with Crippen LogP contribution in [0.3, 0.4) is 0 Å². The highest BCUT2D eigenvalue weighted by Crippen LogP contribution is 2.19. The van der Waals surface area contributed by atoms with E-state index < -0.39 is 0 Å². The zero-order chi connectivity index (χ0) is 14.3. The van der Waals surface area contributed by atoms with Gasteiger partial charge in [0.25, 0.3) is 0 Å². The van der Waals surface area contributed by atoms with E-state index >= 15 is 0 Å². The van der Waals surface area contributed by atoms with Crippen molar-refractivity contribution in [2.75, 3.05) is 13.6 Å². The molecule has 5 heteroatoms. The van der Waals surface area contributed by atoms with Gasteiger partial charge in [-0.2, -0.15) is 0 Å². The summed E-state index contributed by atoms with van der Waals surface area (Å²) >= 11 is 1.75. The Morgan fingerprint density at radius 1 is 1.42 bits per heavy atom. The van der Waals surface area contributed by atoms with Gasteiger partial charge in [-0.05, 0) is 13.3 Å². The van der Waals surface area contributed by atoms with Crippen molar-refractivity contribution in [2.24, 2.45) is 4.99 Å². The van der Waals surface area contributed by atoms with E-state index in [-0.39, 0.29) is 0 Å². The van der Waals surface area contributed by atoms with E-state index in [1.807, 2.05) is 0 Å². The molecule has 0 aliphatic rings. The first-order valence-electron chi connectivity index (χ1n) is 6.98. The fraction of sp³-hybridized carbons (Fsp3) is 0.714. The number of aromatic nitrogens is 1. The van der Waals surface area contributed by atoms with Crippen LogP contribution in [0.4, 0.5) is 0 Å². The van der Waals surface area contributed by atoms with E-state index in [0.29, 0.717) is 12.0 Å². The van der Waals surface area contributed by atoms with Crippen molar-refractivity contribution in [3.8, 4) is 0 Å². The minimum absolute atomic E-state index is 0.443. The van der Waals surface area contributed by atoms with Crippen LogP contribution in [0, 0.1) is 0 Å². The molecule has 1 heterocycles. The highest BCUT2D eigenvalue weighted by molar-refractivity contribution is 7.09. The van der Waals surface area contributed by atoms with Gasteiger partial charge in [0.2, 0.25) is 0 Å². The molecule has 108 valence electrons. The number of rotatable bonds is 6. The molecule has 0 saturated heterocycles. The van der Waals surface area contributed by atoms with Crippen LogP contribution < -0.4 is 10.6 Å². The van der Waals surface area contributed by atoms with Crippen LogP contribution in [0.25, 0.3) is 0 Å². The normalized spacial score (nSPS) is 13.7. The molecule has 1 unspecified atom stereocenters. The zero-order valence-electron chi connectivity index (χ0n) is 12.7. The summed E-state index contributed by atoms with van der Waals surface area (Å²) in [6.45, 7) is 9.53. The number of nitrogens with zero attached hydrogens (tertiary/aromatic N) is 2. The van der Waals surface area contributed by atoms with Crippen LogP contribution in [0.1, 0.15) is 50.7 Å². The summed E-state index contributed by atoms with van der Waals surface area (Å²) in [6, 6.07) is 0.443. The molecule has 19 heavy (non-hydrogen) atoms. The molecule has 0 fully saturated rings. The van der Waals surface area contributed by atoms with Gasteiger partial charge in [-0.3, -0.25) is 4.99 Å². The topological polar surface area (TPSA) is 49.3 Å². The van der Waals surface area contributed by atoms with E-state index in [0.717, 1.165) is 25.3 Å². The number of aliphatic imine (C=N–C) groups is 1. The standard InChI is InChI=1S/C14H26N4S/c1-6-11(4)17-14(15-5)16-8-7-12-9-19-13(18-12)10(2)3/h9-11H,6-8H2,1-5H3,(H2,15,16,17). The van der Waals surface area contributed by atoms with Gasteiger partial charge in [-0.15, -0.1) is 11.3 Å². The van der Waals surface area contributed by atoms with Crippen LogP contribution in [0.15, 0.2) is 10.4 Å². The van der Waals surface area contributed by atoms with Crippen molar-refractivity contribution in [1.29, 1.82) is 0 Å². The maximum Gasteiger partial charge on any atom is 0.191 e. The number of hydrogen-bond donors (Lipinski definition) is 2. The SMILES string of the molecule is CCC(C)NC(=NC)NCCc1csc(C(C)C)n1. The Morgan fingerprint density at radius 3 is 2.68 bits per heavy atom. The van der Waals surface area contributed by atoms with Crippen LogP contribution in [-0.4, -0.2) is 30.6 Å². The predicted molar refractivity (Wildman–Crippen MR) is 84.2 cm³/mol. The van der Waals surface area contributed by atoms with Gasteiger partial charge < -0.3 is 10.6 Å². The zero-order valence-corrected chi connectivity index (χ0v) is 13.5. The summed E-state index contributed by atoms with van der Waals surface area (Å²) < 4.78 is 0. The second-order valence-corrected chi connectivity index (χ2v) is 5.92. The molecule has 2 N–H and O–H groups in total. The molecule has 0 spiro atoms. The molecule has 0 bridgehead atoms. The lowest BCUT2D eigenvalue weighted by molar-refractivity contribution is 0.623. The highest BCUT2D eigenvalue weighted by Gasteiger charge is 2.06. The first-order chi connectivity index (χ1) is 9.06. The van der Waals surface area contributed by atoms with E-state index in [4.69, 9.17) is 0 Å². The molecule has 1 atom stereocenters. The average Bonchev–Trinajstić information content (AvgIpc) is 2.86. The van der Waals surface area contributed by atoms with Crippen molar-refractivity contribution < 1.29 is 0 Å². The molecular weight excluding hydrogens is 256 g/mol. The third-order valence-corrected chi connectivity index (χ3v) is 4.15. The maximum absolute atomic E-state index is 4.63. The van der Waals surface area contributed by atoms with Crippen molar-refractivity contribution in [1.82, 2.24) is 15.6 Å². The van der Waals surface area contributed by atoms with Gasteiger partial charge in [-0.1, -0.05) is 20.8 Å². The molecule has 0 aromatic carbocycles. The van der Waals surface area contributed by atoms with E-state index in [2.05, 4.69) is 53.7 Å². The molecule has 1 rings (SSSR count). The van der Waals surface area contributed by atoms with Gasteiger partial charge in [0.05, 0.1) is 10.7 Å². The Kier molecular flexibility index (Phi) is 6.84. The van der Waals surface area contributed by atoms with Gasteiger partial charge in [0, 0.05) is 37.4 Å². The molecule has 0 aliphatic heterocycles. The molecular formula is C14H26N4S. The summed E-state index contributed by atoms with van der Waals surface area (Å²) in [5, 5.41) is 10.0. The number of nitrogens with one attached hydrogen (secondary N) is 2. The van der Waals surface area contributed by atoms with Crippen molar-refractivity contribution in [3.63, 3.8) is 0 Å². The van der Waals surface area contributed by atoms with E-state index in [9.17, 15) is 0 Å². The number of hydrogen-bond acceptors (Lipinski definition) is 3. The Labute approximate surface area is 120 Å². The predicted octanol–water partition coefficient (Wildman–Crippen LogP) is 2.77. The van der Waals surface area contributed by atoms with Crippen LogP contribution in [-0.2, 0) is 6.42 Å². The first-order valence-corrected chi connectivity index (χ1v) is 7.86. The molecule has 1 aromatic heterocycles. The molecule has 0 radical (unpaired) electrons. The minimum Gasteiger partial charge on any atom is -0.356 e. The van der Waals surface area contributed by atoms with Gasteiger partial charge in [0.15, 0.2) is 5.96 Å². The molecule has 1 aromatic rings. The van der Waals surface area contributed by atoms with E-state index in [1.165, 1.54) is 10.7 Å². The smallest absolute Gasteiger partial charge is 0.191 e. The Hall–Kier alpha value is -1.10. The second kappa shape index (κ2) is 8.15. The van der Waals surface area contributed by atoms with Crippen molar-refractivity contribution in [3.05, 3.63) is 16.1 Å². The highest BCUT2D eigenvalue weighted by atomic mass is 32.1. The lowest BCUT2D eigenvalue weighted by atomic mass is 10.2. The van der Waals surface area contributed by atoms with E-state index in [1.54, 1.807) is 18.4 Å². The summed E-state index contributed by atoms with van der Waals surface area (Å²) in [5.74, 6) is 1.39. The lowest BCUT2D eigenvalue weighted by Crippen LogP contribution is -2.42. The Morgan fingerprint density at radius 2 is 2.16 bits per heavy atom. The maximum atomic E-state index is 4.63. The molecule has 0 saturated carbocycles. The fourth-order valence-corrected chi connectivity index (χ4v) is 2.41. The van der Waals surface area contributed by atoms with Crippen LogP contribution in [0.2, 0.25) is 0 Å².